The summed E-state index contributed by atoms with van der Waals surface area (Å²) in [5.74, 6) is -2.67. The fourth-order valence-electron chi connectivity index (χ4n) is 4.14. The summed E-state index contributed by atoms with van der Waals surface area (Å²) in [6.45, 7) is -0.421. The van der Waals surface area contributed by atoms with Crippen molar-refractivity contribution in [3.8, 4) is 11.5 Å². The molecule has 1 aliphatic heterocycles. The molecule has 0 saturated carbocycles. The van der Waals surface area contributed by atoms with Gasteiger partial charge in [0.05, 0.1) is 24.1 Å². The van der Waals surface area contributed by atoms with Crippen LogP contribution in [-0.4, -0.2) is 65.8 Å². The van der Waals surface area contributed by atoms with Crippen LogP contribution < -0.4 is 9.47 Å². The van der Waals surface area contributed by atoms with Crippen molar-refractivity contribution in [1.29, 1.82) is 0 Å². The van der Waals surface area contributed by atoms with Gasteiger partial charge in [0.15, 0.2) is 18.1 Å². The van der Waals surface area contributed by atoms with Crippen LogP contribution in [0.1, 0.15) is 39.6 Å². The van der Waals surface area contributed by atoms with Gasteiger partial charge in [0.1, 0.15) is 13.2 Å². The van der Waals surface area contributed by atoms with Crippen LogP contribution in [0.4, 0.5) is 18.0 Å². The zero-order valence-corrected chi connectivity index (χ0v) is 22.9. The lowest BCUT2D eigenvalue weighted by molar-refractivity contribution is -0.169. The van der Waals surface area contributed by atoms with Crippen LogP contribution in [0.2, 0.25) is 0 Å². The molecule has 1 atom stereocenters. The third kappa shape index (κ3) is 8.24. The number of amides is 3. The first-order valence-corrected chi connectivity index (χ1v) is 13.1. The number of carbonyl (C=O) groups excluding carboxylic acids is 4. The van der Waals surface area contributed by atoms with Crippen LogP contribution in [0.25, 0.3) is 0 Å². The average molecular weight is 601 g/mol. The molecule has 1 heterocycles. The predicted molar refractivity (Wildman–Crippen MR) is 144 cm³/mol. The topological polar surface area (TPSA) is 112 Å². The lowest BCUT2D eigenvalue weighted by Gasteiger charge is -2.28. The smallest absolute Gasteiger partial charge is 0.422 e. The van der Waals surface area contributed by atoms with Gasteiger partial charge < -0.3 is 23.9 Å². The van der Waals surface area contributed by atoms with Gasteiger partial charge in [-0.05, 0) is 36.8 Å². The van der Waals surface area contributed by atoms with Crippen LogP contribution in [0, 0.1) is 0 Å². The number of nitrogens with zero attached hydrogens (tertiary/aromatic N) is 2. The third-order valence-corrected chi connectivity index (χ3v) is 6.21. The second-order valence-corrected chi connectivity index (χ2v) is 9.40. The molecule has 1 aliphatic rings. The van der Waals surface area contributed by atoms with Crippen LogP contribution in [0.15, 0.2) is 78.9 Å². The van der Waals surface area contributed by atoms with Gasteiger partial charge in [0, 0.05) is 6.04 Å². The van der Waals surface area contributed by atoms with Crippen molar-refractivity contribution in [2.45, 2.75) is 32.2 Å². The Balaban J connectivity index is 1.40. The molecule has 0 aromatic heterocycles. The Labute approximate surface area is 244 Å². The highest BCUT2D eigenvalue weighted by atomic mass is 19.4. The third-order valence-electron chi connectivity index (χ3n) is 6.21. The molecule has 3 aromatic rings. The highest BCUT2D eigenvalue weighted by Gasteiger charge is 2.39. The van der Waals surface area contributed by atoms with E-state index in [0.717, 1.165) is 0 Å². The molecule has 4 rings (SSSR count). The fourth-order valence-corrected chi connectivity index (χ4v) is 4.14. The summed E-state index contributed by atoms with van der Waals surface area (Å²) in [7, 11) is 0. The summed E-state index contributed by atoms with van der Waals surface area (Å²) >= 11 is 0. The zero-order valence-electron chi connectivity index (χ0n) is 22.9. The summed E-state index contributed by atoms with van der Waals surface area (Å²) in [6, 6.07) is 19.7. The second-order valence-electron chi connectivity index (χ2n) is 9.40. The van der Waals surface area contributed by atoms with Gasteiger partial charge in [-0.25, -0.2) is 9.59 Å². The van der Waals surface area contributed by atoms with Crippen molar-refractivity contribution < 1.29 is 51.4 Å². The highest BCUT2D eigenvalue weighted by Crippen LogP contribution is 2.29. The van der Waals surface area contributed by atoms with E-state index in [2.05, 4.69) is 0 Å². The van der Waals surface area contributed by atoms with E-state index < -0.39 is 49.1 Å². The molecule has 3 aromatic carbocycles. The van der Waals surface area contributed by atoms with E-state index in [0.29, 0.717) is 10.6 Å². The number of fused-ring (bicyclic) bond motifs is 1. The molecule has 0 radical (unpaired) electrons. The predicted octanol–water partition coefficient (Wildman–Crippen LogP) is 5.18. The number of alkyl halides is 3. The summed E-state index contributed by atoms with van der Waals surface area (Å²) < 4.78 is 53.8. The number of imide groups is 1. The molecule has 226 valence electrons. The number of hydrogen-bond donors (Lipinski definition) is 0. The maximum absolute atomic E-state index is 13.1. The lowest BCUT2D eigenvalue weighted by atomic mass is 10.1. The molecule has 13 heteroatoms. The normalized spacial score (nSPS) is 13.3. The van der Waals surface area contributed by atoms with E-state index in [4.69, 9.17) is 19.0 Å². The SMILES string of the molecule is C[C@H](CC(=O)ON1C(=O)c2ccccc2C1=O)N(CCOc1ccccc1OCC(F)(F)F)C(=O)OCc1ccccc1. The first-order valence-electron chi connectivity index (χ1n) is 13.1. The maximum Gasteiger partial charge on any atom is 0.422 e. The Kier molecular flexibility index (Phi) is 9.86. The first-order chi connectivity index (χ1) is 20.5. The molecule has 3 amide bonds. The first kappa shape index (κ1) is 30.9. The van der Waals surface area contributed by atoms with E-state index >= 15 is 0 Å². The van der Waals surface area contributed by atoms with Gasteiger partial charge in [-0.1, -0.05) is 59.7 Å². The van der Waals surface area contributed by atoms with Crippen molar-refractivity contribution in [1.82, 2.24) is 9.96 Å². The molecular weight excluding hydrogens is 573 g/mol. The molecule has 0 aliphatic carbocycles. The highest BCUT2D eigenvalue weighted by molar-refractivity contribution is 6.20. The Morgan fingerprint density at radius 2 is 1.40 bits per heavy atom. The van der Waals surface area contributed by atoms with Crippen LogP contribution >= 0.6 is 0 Å². The number of hydrogen-bond acceptors (Lipinski definition) is 8. The van der Waals surface area contributed by atoms with Gasteiger partial charge in [-0.15, -0.1) is 0 Å². The van der Waals surface area contributed by atoms with Crippen molar-refractivity contribution in [3.05, 3.63) is 95.6 Å². The maximum atomic E-state index is 13.1. The fraction of sp³-hybridized carbons (Fsp3) is 0.267. The molecular formula is C30H27F3N2O8. The van der Waals surface area contributed by atoms with Gasteiger partial charge in [-0.3, -0.25) is 9.59 Å². The zero-order chi connectivity index (χ0) is 31.0. The molecule has 10 nitrogen and oxygen atoms in total. The number of para-hydroxylation sites is 2. The summed E-state index contributed by atoms with van der Waals surface area (Å²) in [6.07, 6.45) is -5.79. The molecule has 0 saturated heterocycles. The van der Waals surface area contributed by atoms with Gasteiger partial charge >= 0.3 is 18.2 Å². The molecule has 0 spiro atoms. The quantitative estimate of drug-likeness (QED) is 0.262. The number of halogens is 3. The molecule has 0 N–H and O–H groups in total. The van der Waals surface area contributed by atoms with Gasteiger partial charge in [0.2, 0.25) is 0 Å². The minimum atomic E-state index is -4.55. The van der Waals surface area contributed by atoms with E-state index in [-0.39, 0.29) is 42.4 Å². The number of carbonyl (C=O) groups is 4. The minimum absolute atomic E-state index is 0.0158. The standard InChI is InChI=1S/C30H27F3N2O8/c1-20(17-26(36)43-35-27(37)22-11-5-6-12-23(22)28(35)38)34(29(39)41-18-21-9-3-2-4-10-21)15-16-40-24-13-7-8-14-25(24)42-19-30(31,32)33/h2-14,20H,15-19H2,1H3/t20-/m1/s1. The van der Waals surface area contributed by atoms with Crippen LogP contribution in [-0.2, 0) is 21.0 Å². The summed E-state index contributed by atoms with van der Waals surface area (Å²) in [5, 5.41) is 0.374. The van der Waals surface area contributed by atoms with Crippen molar-refractivity contribution in [2.24, 2.45) is 0 Å². The Bertz CT molecular complexity index is 1430. The van der Waals surface area contributed by atoms with Crippen molar-refractivity contribution in [3.63, 3.8) is 0 Å². The van der Waals surface area contributed by atoms with E-state index in [9.17, 15) is 32.3 Å². The molecule has 0 fully saturated rings. The Hall–Kier alpha value is -5.07. The van der Waals surface area contributed by atoms with E-state index in [1.54, 1.807) is 48.5 Å². The van der Waals surface area contributed by atoms with Crippen LogP contribution in [0.3, 0.4) is 0 Å². The lowest BCUT2D eigenvalue weighted by Crippen LogP contribution is -2.43. The monoisotopic (exact) mass is 600 g/mol. The molecule has 43 heavy (non-hydrogen) atoms. The van der Waals surface area contributed by atoms with Gasteiger partial charge in [0.25, 0.3) is 11.8 Å². The number of ether oxygens (including phenoxy) is 3. The second kappa shape index (κ2) is 13.7. The van der Waals surface area contributed by atoms with Crippen molar-refractivity contribution in [2.75, 3.05) is 19.8 Å². The summed E-state index contributed by atoms with van der Waals surface area (Å²) in [5.41, 5.74) is 0.896. The molecule has 0 bridgehead atoms. The number of hydroxylamine groups is 2. The molecule has 0 unspecified atom stereocenters. The van der Waals surface area contributed by atoms with Crippen molar-refractivity contribution >= 4 is 23.9 Å². The Morgan fingerprint density at radius 3 is 2.00 bits per heavy atom. The van der Waals surface area contributed by atoms with E-state index in [1.807, 2.05) is 0 Å². The Morgan fingerprint density at radius 1 is 0.837 bits per heavy atom. The average Bonchev–Trinajstić information content (AvgIpc) is 3.22. The largest absolute Gasteiger partial charge is 0.488 e. The van der Waals surface area contributed by atoms with Crippen LogP contribution in [0.5, 0.6) is 11.5 Å². The van der Waals surface area contributed by atoms with Gasteiger partial charge in [-0.2, -0.15) is 13.2 Å². The summed E-state index contributed by atoms with van der Waals surface area (Å²) in [4.78, 5) is 57.2. The number of benzene rings is 3. The minimum Gasteiger partial charge on any atom is -0.488 e. The number of rotatable bonds is 12. The van der Waals surface area contributed by atoms with E-state index in [1.165, 1.54) is 42.2 Å².